The number of hydrogen-bond acceptors (Lipinski definition) is 3. The fraction of sp³-hybridized carbons (Fsp3) is 0.419. The van der Waals surface area contributed by atoms with Gasteiger partial charge in [0, 0.05) is 10.6 Å². The van der Waals surface area contributed by atoms with E-state index in [1.807, 2.05) is 17.8 Å². The molecule has 34 heavy (non-hydrogen) atoms. The molecule has 0 radical (unpaired) electrons. The summed E-state index contributed by atoms with van der Waals surface area (Å²) in [6.45, 7) is 0.609. The van der Waals surface area contributed by atoms with Gasteiger partial charge in [-0.25, -0.2) is 0 Å². The summed E-state index contributed by atoms with van der Waals surface area (Å²) in [5.74, 6) is 3.79. The van der Waals surface area contributed by atoms with E-state index >= 15 is 0 Å². The Morgan fingerprint density at radius 3 is 2.41 bits per heavy atom. The lowest BCUT2D eigenvalue weighted by Crippen LogP contribution is -2.06. The van der Waals surface area contributed by atoms with Gasteiger partial charge < -0.3 is 10.1 Å². The summed E-state index contributed by atoms with van der Waals surface area (Å²) in [6.07, 6.45) is 12.5. The molecule has 0 heterocycles. The summed E-state index contributed by atoms with van der Waals surface area (Å²) in [5, 5.41) is 3.78. The van der Waals surface area contributed by atoms with Crippen LogP contribution in [0.5, 0.6) is 5.75 Å². The van der Waals surface area contributed by atoms with Gasteiger partial charge in [0.05, 0.1) is 5.69 Å². The fourth-order valence-corrected chi connectivity index (χ4v) is 6.07. The van der Waals surface area contributed by atoms with Crippen molar-refractivity contribution in [3.8, 4) is 5.75 Å². The summed E-state index contributed by atoms with van der Waals surface area (Å²) in [6, 6.07) is 25.8. The molecule has 5 rings (SSSR count). The summed E-state index contributed by atoms with van der Waals surface area (Å²) in [4.78, 5) is 1.36. The Morgan fingerprint density at radius 1 is 0.794 bits per heavy atom. The van der Waals surface area contributed by atoms with Crippen molar-refractivity contribution in [2.75, 3.05) is 11.1 Å². The van der Waals surface area contributed by atoms with Crippen molar-refractivity contribution in [2.24, 2.45) is 5.92 Å². The summed E-state index contributed by atoms with van der Waals surface area (Å²) in [5.41, 5.74) is 5.05. The maximum absolute atomic E-state index is 6.12. The van der Waals surface area contributed by atoms with Gasteiger partial charge in [-0.2, -0.15) is 0 Å². The Labute approximate surface area is 209 Å². The highest BCUT2D eigenvalue weighted by molar-refractivity contribution is 7.99. The normalized spacial score (nSPS) is 16.4. The maximum atomic E-state index is 6.12. The molecule has 2 saturated carbocycles. The topological polar surface area (TPSA) is 21.3 Å². The van der Waals surface area contributed by atoms with Gasteiger partial charge in [0.25, 0.3) is 0 Å². The molecule has 2 aliphatic rings. The minimum atomic E-state index is 0.609. The molecule has 178 valence electrons. The molecule has 0 bridgehead atoms. The van der Waals surface area contributed by atoms with Gasteiger partial charge in [0.15, 0.2) is 0 Å². The number of ether oxygens (including phenoxy) is 1. The first-order chi connectivity index (χ1) is 16.8. The summed E-state index contributed by atoms with van der Waals surface area (Å²) >= 11 is 2.01. The molecule has 0 amide bonds. The Bertz CT molecular complexity index is 1040. The molecule has 0 aliphatic heterocycles. The largest absolute Gasteiger partial charge is 0.489 e. The third kappa shape index (κ3) is 6.60. The molecular formula is C31H37NOS. The first-order valence-corrected chi connectivity index (χ1v) is 14.1. The predicted molar refractivity (Wildman–Crippen MR) is 145 cm³/mol. The summed E-state index contributed by atoms with van der Waals surface area (Å²) < 4.78 is 6.12. The van der Waals surface area contributed by atoms with Crippen LogP contribution in [-0.4, -0.2) is 5.75 Å². The average molecular weight is 472 g/mol. The maximum Gasteiger partial charge on any atom is 0.120 e. The summed E-state index contributed by atoms with van der Waals surface area (Å²) in [7, 11) is 0. The molecule has 0 spiro atoms. The van der Waals surface area contributed by atoms with E-state index < -0.39 is 0 Å². The Kier molecular flexibility index (Phi) is 8.13. The molecule has 2 aliphatic carbocycles. The second-order valence-corrected chi connectivity index (χ2v) is 11.1. The highest BCUT2D eigenvalue weighted by Gasteiger charge is 2.27. The van der Waals surface area contributed by atoms with E-state index in [0.29, 0.717) is 12.5 Å². The van der Waals surface area contributed by atoms with Gasteiger partial charge in [0.2, 0.25) is 0 Å². The molecule has 3 aromatic rings. The van der Waals surface area contributed by atoms with Crippen molar-refractivity contribution in [1.29, 1.82) is 0 Å². The van der Waals surface area contributed by atoms with Crippen LogP contribution in [0.25, 0.3) is 0 Å². The highest BCUT2D eigenvalue weighted by Crippen LogP contribution is 2.46. The van der Waals surface area contributed by atoms with Crippen LogP contribution < -0.4 is 10.1 Å². The molecule has 2 fully saturated rings. The lowest BCUT2D eigenvalue weighted by atomic mass is 9.86. The van der Waals surface area contributed by atoms with Crippen LogP contribution in [0, 0.1) is 5.92 Å². The molecule has 0 saturated heterocycles. The number of nitrogens with one attached hydrogen (secondary N) is 1. The van der Waals surface area contributed by atoms with E-state index in [1.165, 1.54) is 90.9 Å². The average Bonchev–Trinajstić information content (AvgIpc) is 3.74. The molecule has 2 nitrogen and oxygen atoms in total. The van der Waals surface area contributed by atoms with E-state index in [4.69, 9.17) is 4.74 Å². The van der Waals surface area contributed by atoms with Crippen LogP contribution in [-0.2, 0) is 6.61 Å². The Balaban J connectivity index is 1.21. The number of thioether (sulfide) groups is 1. The second kappa shape index (κ2) is 11.8. The molecule has 1 N–H and O–H groups in total. The van der Waals surface area contributed by atoms with Crippen LogP contribution in [0.15, 0.2) is 77.7 Å². The lowest BCUT2D eigenvalue weighted by Gasteiger charge is -2.21. The van der Waals surface area contributed by atoms with Crippen LogP contribution in [0.2, 0.25) is 0 Å². The van der Waals surface area contributed by atoms with Crippen LogP contribution in [0.4, 0.5) is 11.4 Å². The first kappa shape index (κ1) is 23.4. The SMILES string of the molecule is c1ccc(COc2ccc(Nc3ccccc3SCCCC3CCCCC3)c(C3CC3)c2)cc1. The minimum Gasteiger partial charge on any atom is -0.489 e. The zero-order chi connectivity index (χ0) is 23.0. The lowest BCUT2D eigenvalue weighted by molar-refractivity contribution is 0.306. The van der Waals surface area contributed by atoms with Crippen molar-refractivity contribution in [3.05, 3.63) is 83.9 Å². The van der Waals surface area contributed by atoms with E-state index in [9.17, 15) is 0 Å². The van der Waals surface area contributed by atoms with Crippen molar-refractivity contribution >= 4 is 23.1 Å². The number of para-hydroxylation sites is 1. The van der Waals surface area contributed by atoms with Crippen LogP contribution in [0.1, 0.15) is 74.8 Å². The predicted octanol–water partition coefficient (Wildman–Crippen LogP) is 9.34. The highest BCUT2D eigenvalue weighted by atomic mass is 32.2. The zero-order valence-electron chi connectivity index (χ0n) is 20.2. The third-order valence-corrected chi connectivity index (χ3v) is 8.34. The van der Waals surface area contributed by atoms with Gasteiger partial charge in [-0.15, -0.1) is 11.8 Å². The minimum absolute atomic E-state index is 0.609. The van der Waals surface area contributed by atoms with Gasteiger partial charge in [-0.3, -0.25) is 0 Å². The van der Waals surface area contributed by atoms with Gasteiger partial charge >= 0.3 is 0 Å². The smallest absolute Gasteiger partial charge is 0.120 e. The number of rotatable bonds is 11. The molecule has 0 unspecified atom stereocenters. The molecule has 3 aromatic carbocycles. The van der Waals surface area contributed by atoms with Gasteiger partial charge in [0.1, 0.15) is 12.4 Å². The molecule has 0 aromatic heterocycles. The van der Waals surface area contributed by atoms with Crippen LogP contribution in [0.3, 0.4) is 0 Å². The Hall–Kier alpha value is -2.39. The Morgan fingerprint density at radius 2 is 1.59 bits per heavy atom. The third-order valence-electron chi connectivity index (χ3n) is 7.18. The number of anilines is 2. The quantitative estimate of drug-likeness (QED) is 0.222. The van der Waals surface area contributed by atoms with E-state index in [-0.39, 0.29) is 0 Å². The molecular weight excluding hydrogens is 434 g/mol. The van der Waals surface area contributed by atoms with Gasteiger partial charge in [-0.1, -0.05) is 74.6 Å². The number of benzene rings is 3. The van der Waals surface area contributed by atoms with Crippen molar-refractivity contribution < 1.29 is 4.74 Å². The van der Waals surface area contributed by atoms with E-state index in [1.54, 1.807) is 0 Å². The first-order valence-electron chi connectivity index (χ1n) is 13.1. The van der Waals surface area contributed by atoms with Crippen molar-refractivity contribution in [1.82, 2.24) is 0 Å². The van der Waals surface area contributed by atoms with Crippen LogP contribution >= 0.6 is 11.8 Å². The monoisotopic (exact) mass is 471 g/mol. The standard InChI is InChI=1S/C31H37NOS/c1-3-10-24(11-4-1)14-9-21-34-31-16-8-7-15-30(31)32-29-20-19-27(22-28(29)26-17-18-26)33-23-25-12-5-2-6-13-25/h2,5-8,12-13,15-16,19-20,22,24,26,32H,1,3-4,9-11,14,17-18,21,23H2. The van der Waals surface area contributed by atoms with Crippen molar-refractivity contribution in [3.63, 3.8) is 0 Å². The van der Waals surface area contributed by atoms with Gasteiger partial charge in [-0.05, 0) is 84.7 Å². The zero-order valence-corrected chi connectivity index (χ0v) is 21.0. The van der Waals surface area contributed by atoms with E-state index in [0.717, 1.165) is 11.7 Å². The second-order valence-electron chi connectivity index (χ2n) is 9.91. The number of hydrogen-bond donors (Lipinski definition) is 1. The molecule has 3 heteroatoms. The fourth-order valence-electron chi connectivity index (χ4n) is 5.09. The van der Waals surface area contributed by atoms with E-state index in [2.05, 4.69) is 72.0 Å². The molecule has 0 atom stereocenters. The van der Waals surface area contributed by atoms with Crippen molar-refractivity contribution in [2.45, 2.75) is 75.2 Å².